The van der Waals surface area contributed by atoms with E-state index < -0.39 is 0 Å². The second kappa shape index (κ2) is 4.28. The van der Waals surface area contributed by atoms with E-state index in [-0.39, 0.29) is 12.1 Å². The van der Waals surface area contributed by atoms with Crippen molar-refractivity contribution in [1.82, 2.24) is 4.98 Å². The van der Waals surface area contributed by atoms with Crippen molar-refractivity contribution in [3.8, 4) is 11.9 Å². The lowest BCUT2D eigenvalue weighted by atomic mass is 9.90. The Morgan fingerprint density at radius 2 is 2.11 bits per heavy atom. The normalized spacial score (nSPS) is 22.2. The summed E-state index contributed by atoms with van der Waals surface area (Å²) in [7, 11) is 0. The fourth-order valence-corrected chi connectivity index (χ4v) is 2.18. The van der Waals surface area contributed by atoms with Crippen LogP contribution in [-0.2, 0) is 0 Å². The highest BCUT2D eigenvalue weighted by atomic mass is 16.5. The summed E-state index contributed by atoms with van der Waals surface area (Å²) in [5.41, 5.74) is 7.10. The van der Waals surface area contributed by atoms with E-state index in [0.717, 1.165) is 23.7 Å². The number of para-hydroxylation sites is 1. The number of nitrogens with zero attached hydrogens (tertiary/aromatic N) is 2. The molecule has 0 atom stereocenters. The van der Waals surface area contributed by atoms with Crippen molar-refractivity contribution in [1.29, 1.82) is 5.26 Å². The van der Waals surface area contributed by atoms with Gasteiger partial charge < -0.3 is 10.5 Å². The summed E-state index contributed by atoms with van der Waals surface area (Å²) in [6, 6.07) is 11.7. The molecule has 0 bridgehead atoms. The smallest absolute Gasteiger partial charge is 0.215 e. The minimum Gasteiger partial charge on any atom is -0.474 e. The van der Waals surface area contributed by atoms with Gasteiger partial charge in [-0.15, -0.1) is 0 Å². The molecule has 0 aliphatic heterocycles. The fraction of sp³-hybridized carbons (Fsp3) is 0.286. The van der Waals surface area contributed by atoms with Crippen LogP contribution in [0.1, 0.15) is 18.4 Å². The maximum Gasteiger partial charge on any atom is 0.215 e. The molecule has 0 unspecified atom stereocenters. The van der Waals surface area contributed by atoms with Crippen molar-refractivity contribution in [3.63, 3.8) is 0 Å². The molecule has 0 spiro atoms. The van der Waals surface area contributed by atoms with Crippen molar-refractivity contribution in [2.45, 2.75) is 25.0 Å². The van der Waals surface area contributed by atoms with Gasteiger partial charge in [0.2, 0.25) is 5.88 Å². The number of nitrogens with two attached hydrogens (primary N) is 1. The summed E-state index contributed by atoms with van der Waals surface area (Å²) in [4.78, 5) is 4.42. The summed E-state index contributed by atoms with van der Waals surface area (Å²) < 4.78 is 5.73. The molecule has 1 heterocycles. The van der Waals surface area contributed by atoms with Gasteiger partial charge in [-0.2, -0.15) is 5.26 Å². The molecule has 1 aromatic carbocycles. The highest BCUT2D eigenvalue weighted by molar-refractivity contribution is 5.85. The average Bonchev–Trinajstić information content (AvgIpc) is 2.36. The van der Waals surface area contributed by atoms with Gasteiger partial charge in [-0.05, 0) is 18.9 Å². The first-order chi connectivity index (χ1) is 8.76. The first kappa shape index (κ1) is 11.0. The van der Waals surface area contributed by atoms with Crippen LogP contribution >= 0.6 is 0 Å². The first-order valence-electron chi connectivity index (χ1n) is 5.98. The molecule has 1 aliphatic rings. The quantitative estimate of drug-likeness (QED) is 0.869. The maximum atomic E-state index is 9.15. The summed E-state index contributed by atoms with van der Waals surface area (Å²) in [6.07, 6.45) is 1.85. The predicted molar refractivity (Wildman–Crippen MR) is 68.1 cm³/mol. The number of hydrogen-bond acceptors (Lipinski definition) is 4. The molecule has 18 heavy (non-hydrogen) atoms. The van der Waals surface area contributed by atoms with Crippen molar-refractivity contribution in [2.75, 3.05) is 0 Å². The van der Waals surface area contributed by atoms with Gasteiger partial charge in [0.25, 0.3) is 0 Å². The zero-order valence-electron chi connectivity index (χ0n) is 9.84. The highest BCUT2D eigenvalue weighted by Crippen LogP contribution is 2.26. The summed E-state index contributed by atoms with van der Waals surface area (Å²) in [6.45, 7) is 0. The summed E-state index contributed by atoms with van der Waals surface area (Å²) in [5, 5.41) is 10.0. The Kier molecular flexibility index (Phi) is 2.62. The van der Waals surface area contributed by atoms with Crippen LogP contribution in [0.4, 0.5) is 0 Å². The van der Waals surface area contributed by atoms with E-state index in [4.69, 9.17) is 15.7 Å². The minimum atomic E-state index is 0.139. The zero-order chi connectivity index (χ0) is 12.5. The van der Waals surface area contributed by atoms with Crippen LogP contribution in [0.3, 0.4) is 0 Å². The molecule has 1 aromatic heterocycles. The monoisotopic (exact) mass is 239 g/mol. The number of rotatable bonds is 2. The Morgan fingerprint density at radius 3 is 2.83 bits per heavy atom. The number of benzene rings is 1. The average molecular weight is 239 g/mol. The van der Waals surface area contributed by atoms with Crippen molar-refractivity contribution >= 4 is 10.9 Å². The Bertz CT molecular complexity index is 626. The Hall–Kier alpha value is -2.12. The van der Waals surface area contributed by atoms with Gasteiger partial charge in [0.05, 0.1) is 11.1 Å². The van der Waals surface area contributed by atoms with Crippen LogP contribution in [0.5, 0.6) is 5.88 Å². The van der Waals surface area contributed by atoms with E-state index in [0.29, 0.717) is 11.4 Å². The van der Waals surface area contributed by atoms with E-state index in [1.807, 2.05) is 24.3 Å². The molecule has 1 aliphatic carbocycles. The molecule has 0 radical (unpaired) electrons. The number of hydrogen-bond donors (Lipinski definition) is 1. The second-order valence-corrected chi connectivity index (χ2v) is 4.61. The Balaban J connectivity index is 1.96. The number of pyridine rings is 1. The molecule has 4 nitrogen and oxygen atoms in total. The highest BCUT2D eigenvalue weighted by Gasteiger charge is 2.28. The van der Waals surface area contributed by atoms with Gasteiger partial charge in [-0.3, -0.25) is 0 Å². The molecule has 0 amide bonds. The second-order valence-electron chi connectivity index (χ2n) is 4.61. The van der Waals surface area contributed by atoms with Gasteiger partial charge in [-0.1, -0.05) is 18.2 Å². The summed E-state index contributed by atoms with van der Waals surface area (Å²) >= 11 is 0. The zero-order valence-corrected chi connectivity index (χ0v) is 9.84. The lowest BCUT2D eigenvalue weighted by Gasteiger charge is -2.32. The molecule has 1 fully saturated rings. The van der Waals surface area contributed by atoms with Gasteiger partial charge >= 0.3 is 0 Å². The fourth-order valence-electron chi connectivity index (χ4n) is 2.18. The van der Waals surface area contributed by atoms with Gasteiger partial charge in [0, 0.05) is 17.5 Å². The molecular weight excluding hydrogens is 226 g/mol. The van der Waals surface area contributed by atoms with Gasteiger partial charge in [-0.25, -0.2) is 4.98 Å². The van der Waals surface area contributed by atoms with Crippen LogP contribution in [0.2, 0.25) is 0 Å². The maximum absolute atomic E-state index is 9.15. The third-order valence-corrected chi connectivity index (χ3v) is 3.23. The van der Waals surface area contributed by atoms with E-state index in [2.05, 4.69) is 11.1 Å². The van der Waals surface area contributed by atoms with Crippen LogP contribution in [0.15, 0.2) is 30.3 Å². The van der Waals surface area contributed by atoms with Gasteiger partial charge in [0.15, 0.2) is 0 Å². The third kappa shape index (κ3) is 1.89. The van der Waals surface area contributed by atoms with Crippen LogP contribution in [0.25, 0.3) is 10.9 Å². The SMILES string of the molecule is N#Cc1cc(OC2CC(N)C2)nc2ccccc12. The standard InChI is InChI=1S/C14H13N3O/c15-8-9-5-14(18-11-6-10(16)7-11)17-13-4-2-1-3-12(9)13/h1-5,10-11H,6-7,16H2. The lowest BCUT2D eigenvalue weighted by molar-refractivity contribution is 0.0962. The molecular formula is C14H13N3O. The number of fused-ring (bicyclic) bond motifs is 1. The van der Waals surface area contributed by atoms with Crippen LogP contribution < -0.4 is 10.5 Å². The molecule has 4 heteroatoms. The lowest BCUT2D eigenvalue weighted by Crippen LogP contribution is -2.43. The first-order valence-corrected chi connectivity index (χ1v) is 5.98. The van der Waals surface area contributed by atoms with E-state index in [9.17, 15) is 0 Å². The molecule has 0 saturated heterocycles. The number of ether oxygens (including phenoxy) is 1. The van der Waals surface area contributed by atoms with Gasteiger partial charge in [0.1, 0.15) is 12.2 Å². The molecule has 2 N–H and O–H groups in total. The van der Waals surface area contributed by atoms with Crippen molar-refractivity contribution in [3.05, 3.63) is 35.9 Å². The topological polar surface area (TPSA) is 71.9 Å². The number of nitriles is 1. The van der Waals surface area contributed by atoms with Crippen molar-refractivity contribution in [2.24, 2.45) is 5.73 Å². The molecule has 1 saturated carbocycles. The van der Waals surface area contributed by atoms with E-state index in [1.165, 1.54) is 0 Å². The largest absolute Gasteiger partial charge is 0.474 e. The molecule has 3 rings (SSSR count). The Morgan fingerprint density at radius 1 is 1.33 bits per heavy atom. The van der Waals surface area contributed by atoms with E-state index in [1.54, 1.807) is 6.07 Å². The third-order valence-electron chi connectivity index (χ3n) is 3.23. The number of aromatic nitrogens is 1. The molecule has 2 aromatic rings. The molecule has 90 valence electrons. The Labute approximate surface area is 105 Å². The van der Waals surface area contributed by atoms with E-state index >= 15 is 0 Å². The van der Waals surface area contributed by atoms with Crippen molar-refractivity contribution < 1.29 is 4.74 Å². The van der Waals surface area contributed by atoms with Crippen LogP contribution in [0, 0.1) is 11.3 Å². The minimum absolute atomic E-state index is 0.139. The van der Waals surface area contributed by atoms with Crippen LogP contribution in [-0.4, -0.2) is 17.1 Å². The predicted octanol–water partition coefficient (Wildman–Crippen LogP) is 1.97. The summed E-state index contributed by atoms with van der Waals surface area (Å²) in [5.74, 6) is 0.516.